The summed E-state index contributed by atoms with van der Waals surface area (Å²) < 4.78 is 10.8. The minimum Gasteiger partial charge on any atom is -0.454 e. The molecular weight excluding hydrogens is 256 g/mol. The number of hydrogen-bond acceptors (Lipinski definition) is 4. The van der Waals surface area contributed by atoms with Crippen LogP contribution in [0, 0.1) is 0 Å². The third-order valence-electron chi connectivity index (χ3n) is 4.31. The van der Waals surface area contributed by atoms with E-state index in [0.29, 0.717) is 11.3 Å². The summed E-state index contributed by atoms with van der Waals surface area (Å²) >= 11 is 0. The molecule has 0 spiro atoms. The highest BCUT2D eigenvalue weighted by molar-refractivity contribution is 5.57. The smallest absolute Gasteiger partial charge is 0.231 e. The molecule has 2 aliphatic carbocycles. The topological polar surface area (TPSA) is 52.6 Å². The second kappa shape index (κ2) is 3.95. The van der Waals surface area contributed by atoms with Crippen LogP contribution in [0.5, 0.6) is 0 Å². The summed E-state index contributed by atoms with van der Waals surface area (Å²) in [6.45, 7) is 2.30. The molecule has 2 unspecified atom stereocenters. The molecule has 0 aromatic heterocycles. The number of hydrogen-bond donors (Lipinski definition) is 0. The molecule has 4 rings (SSSR count). The van der Waals surface area contributed by atoms with Crippen LogP contribution >= 0.6 is 0 Å². The highest BCUT2D eigenvalue weighted by atomic mass is 16.7. The Morgan fingerprint density at radius 2 is 1.85 bits per heavy atom. The molecule has 1 fully saturated rings. The molecule has 1 aromatic rings. The molecule has 1 saturated heterocycles. The third-order valence-corrected chi connectivity index (χ3v) is 4.31. The van der Waals surface area contributed by atoms with E-state index in [4.69, 9.17) is 9.47 Å². The van der Waals surface area contributed by atoms with Gasteiger partial charge in [-0.05, 0) is 24.1 Å². The molecule has 4 nitrogen and oxygen atoms in total. The molecule has 4 heteroatoms. The van der Waals surface area contributed by atoms with E-state index in [9.17, 15) is 9.59 Å². The van der Waals surface area contributed by atoms with Crippen molar-refractivity contribution in [3.8, 4) is 0 Å². The Labute approximate surface area is 115 Å². The van der Waals surface area contributed by atoms with E-state index in [2.05, 4.69) is 13.0 Å². The molecule has 0 radical (unpaired) electrons. The van der Waals surface area contributed by atoms with Gasteiger partial charge < -0.3 is 9.47 Å². The zero-order valence-corrected chi connectivity index (χ0v) is 11.1. The molecule has 102 valence electrons. The van der Waals surface area contributed by atoms with Gasteiger partial charge in [-0.15, -0.1) is 0 Å². The Hall–Kier alpha value is -2.10. The van der Waals surface area contributed by atoms with Gasteiger partial charge in [-0.25, -0.2) is 0 Å². The van der Waals surface area contributed by atoms with Gasteiger partial charge in [0.15, 0.2) is 11.5 Å². The van der Waals surface area contributed by atoms with Gasteiger partial charge in [0.05, 0.1) is 0 Å². The second-order valence-electron chi connectivity index (χ2n) is 5.47. The molecule has 0 saturated carbocycles. The average molecular weight is 270 g/mol. The minimum absolute atomic E-state index is 0.0700. The summed E-state index contributed by atoms with van der Waals surface area (Å²) in [7, 11) is 0. The van der Waals surface area contributed by atoms with Crippen LogP contribution in [0.3, 0.4) is 0 Å². The van der Waals surface area contributed by atoms with Crippen molar-refractivity contribution < 1.29 is 9.47 Å². The Morgan fingerprint density at radius 1 is 1.10 bits per heavy atom. The maximum atomic E-state index is 11.9. The van der Waals surface area contributed by atoms with E-state index in [1.807, 2.05) is 12.2 Å². The van der Waals surface area contributed by atoms with Gasteiger partial charge in [0.25, 0.3) is 0 Å². The monoisotopic (exact) mass is 270 g/mol. The summed E-state index contributed by atoms with van der Waals surface area (Å²) in [4.78, 5) is 23.8. The number of rotatable bonds is 2. The average Bonchev–Trinajstić information content (AvgIpc) is 2.90. The Morgan fingerprint density at radius 3 is 2.65 bits per heavy atom. The first kappa shape index (κ1) is 11.7. The van der Waals surface area contributed by atoms with Crippen LogP contribution in [0.15, 0.2) is 44.9 Å². The molecule has 1 aromatic carbocycles. The van der Waals surface area contributed by atoms with Crippen molar-refractivity contribution in [3.63, 3.8) is 0 Å². The summed E-state index contributed by atoms with van der Waals surface area (Å²) in [6.07, 6.45) is 7.82. The van der Waals surface area contributed by atoms with Crippen molar-refractivity contribution in [2.75, 3.05) is 6.79 Å². The zero-order chi connectivity index (χ0) is 13.9. The predicted octanol–water partition coefficient (Wildman–Crippen LogP) is 1.98. The van der Waals surface area contributed by atoms with Crippen LogP contribution in [-0.4, -0.2) is 6.79 Å². The molecule has 1 aliphatic heterocycles. The van der Waals surface area contributed by atoms with Gasteiger partial charge in [-0.3, -0.25) is 9.59 Å². The van der Waals surface area contributed by atoms with Crippen molar-refractivity contribution in [3.05, 3.63) is 66.9 Å². The number of allylic oxidation sites excluding steroid dienone is 4. The summed E-state index contributed by atoms with van der Waals surface area (Å²) in [5.41, 5.74) is 1.81. The van der Waals surface area contributed by atoms with Gasteiger partial charge in [-0.2, -0.15) is 0 Å². The third kappa shape index (κ3) is 1.36. The summed E-state index contributed by atoms with van der Waals surface area (Å²) in [5, 5.41) is 0. The van der Waals surface area contributed by atoms with Gasteiger partial charge in [0.2, 0.25) is 17.7 Å². The first-order valence-electron chi connectivity index (χ1n) is 6.95. The van der Waals surface area contributed by atoms with Gasteiger partial charge in [0, 0.05) is 23.0 Å². The molecule has 0 N–H and O–H groups in total. The lowest BCUT2D eigenvalue weighted by atomic mass is 9.71. The number of fused-ring (bicyclic) bond motifs is 4. The maximum absolute atomic E-state index is 11.9. The molecule has 3 aliphatic rings. The first-order chi connectivity index (χ1) is 9.70. The van der Waals surface area contributed by atoms with Crippen LogP contribution < -0.4 is 10.9 Å². The Kier molecular flexibility index (Phi) is 2.31. The van der Waals surface area contributed by atoms with Crippen molar-refractivity contribution in [1.82, 2.24) is 0 Å². The zero-order valence-electron chi connectivity index (χ0n) is 11.1. The predicted molar refractivity (Wildman–Crippen MR) is 73.0 cm³/mol. The standard InChI is InChI=1S/C16H14O4/c1-2-3-8-4-9-5-11-12(20-7-19-11)6-10(9)14-13(8)15(17)16(14)18/h4-6,8,10H,2-3,7H2,1H3. The lowest BCUT2D eigenvalue weighted by Gasteiger charge is -2.31. The Balaban J connectivity index is 1.87. The van der Waals surface area contributed by atoms with Crippen LogP contribution in [0.25, 0.3) is 0 Å². The normalized spacial score (nSPS) is 26.6. The molecule has 20 heavy (non-hydrogen) atoms. The van der Waals surface area contributed by atoms with E-state index in [0.717, 1.165) is 29.7 Å². The maximum Gasteiger partial charge on any atom is 0.231 e. The van der Waals surface area contributed by atoms with E-state index in [1.54, 1.807) is 0 Å². The fourth-order valence-corrected chi connectivity index (χ4v) is 3.39. The molecular formula is C16H14O4. The largest absolute Gasteiger partial charge is 0.454 e. The lowest BCUT2D eigenvalue weighted by Crippen LogP contribution is -2.44. The van der Waals surface area contributed by atoms with Gasteiger partial charge in [-0.1, -0.05) is 19.4 Å². The van der Waals surface area contributed by atoms with Crippen molar-refractivity contribution in [2.24, 2.45) is 0 Å². The highest BCUT2D eigenvalue weighted by Crippen LogP contribution is 2.44. The van der Waals surface area contributed by atoms with Crippen molar-refractivity contribution in [1.29, 1.82) is 0 Å². The quantitative estimate of drug-likeness (QED) is 0.771. The van der Waals surface area contributed by atoms with Crippen molar-refractivity contribution >= 4 is 0 Å². The fourth-order valence-electron chi connectivity index (χ4n) is 3.39. The molecule has 1 heterocycles. The lowest BCUT2D eigenvalue weighted by molar-refractivity contribution is 0.0978. The second-order valence-corrected chi connectivity index (χ2v) is 5.47. The van der Waals surface area contributed by atoms with Gasteiger partial charge >= 0.3 is 0 Å². The number of ether oxygens (including phenoxy) is 2. The molecule has 2 atom stereocenters. The van der Waals surface area contributed by atoms with Crippen LogP contribution in [0.2, 0.25) is 0 Å². The van der Waals surface area contributed by atoms with Crippen LogP contribution in [0.1, 0.15) is 42.7 Å². The summed E-state index contributed by atoms with van der Waals surface area (Å²) in [5.74, 6) is 1.34. The van der Waals surface area contributed by atoms with E-state index >= 15 is 0 Å². The highest BCUT2D eigenvalue weighted by Gasteiger charge is 2.39. The minimum atomic E-state index is -0.329. The molecule has 0 bridgehead atoms. The Bertz CT molecular complexity index is 756. The van der Waals surface area contributed by atoms with Gasteiger partial charge in [0.1, 0.15) is 0 Å². The van der Waals surface area contributed by atoms with Crippen LogP contribution in [-0.2, 0) is 9.47 Å². The van der Waals surface area contributed by atoms with E-state index < -0.39 is 0 Å². The fraction of sp³-hybridized carbons (Fsp3) is 0.375. The first-order valence-corrected chi connectivity index (χ1v) is 6.95. The molecule has 0 amide bonds. The van der Waals surface area contributed by atoms with E-state index in [1.165, 1.54) is 0 Å². The van der Waals surface area contributed by atoms with Crippen molar-refractivity contribution in [2.45, 2.75) is 31.6 Å². The van der Waals surface area contributed by atoms with E-state index in [-0.39, 0.29) is 29.5 Å². The SMILES string of the molecule is CCCC1C=C2C=C3OCOC3=CC2c2c1c(=O)c2=O. The summed E-state index contributed by atoms with van der Waals surface area (Å²) in [6, 6.07) is 0. The van der Waals surface area contributed by atoms with Crippen LogP contribution in [0.4, 0.5) is 0 Å².